The van der Waals surface area contributed by atoms with Crippen molar-refractivity contribution in [3.05, 3.63) is 109 Å². The fourth-order valence-corrected chi connectivity index (χ4v) is 8.30. The molecule has 0 N–H and O–H groups in total. The minimum atomic E-state index is -0.578. The number of carbonyl (C=O) groups excluding carboxylic acids is 2. The van der Waals surface area contributed by atoms with Crippen molar-refractivity contribution < 1.29 is 23.8 Å². The standard InChI is InChI=1S/C67H114O5/c1-4-7-10-13-16-19-22-25-28-31-33-35-38-41-44-47-50-53-56-59-62-70-63-65(72-67(69)61-58-55-52-49-46-43-40-36-30-27-24-21-18-15-12-9-6-3)64-71-66(68)60-57-54-51-48-45-42-39-37-34-32-29-26-23-20-17-14-11-8-5-2/h7,10,16-17,19-20,25-26,28-29,33-35,37,41,44,50,53,65H,4-6,8-9,11-15,18,21-24,27,30-32,36,38-40,42-43,45-49,51-52,54-64H2,1-3H3/b10-7-,19-16-,20-17-,28-25-,29-26-,35-33-,37-34-,44-41-,53-50-. The minimum absolute atomic E-state index is 0.0518. The van der Waals surface area contributed by atoms with Crippen LogP contribution in [0.5, 0.6) is 0 Å². The second-order valence-corrected chi connectivity index (χ2v) is 19.9. The molecule has 1 atom stereocenters. The summed E-state index contributed by atoms with van der Waals surface area (Å²) in [5, 5.41) is 0. The summed E-state index contributed by atoms with van der Waals surface area (Å²) in [6.45, 7) is 7.56. The molecule has 72 heavy (non-hydrogen) atoms. The molecule has 1 unspecified atom stereocenters. The van der Waals surface area contributed by atoms with Crippen LogP contribution in [0.1, 0.15) is 278 Å². The van der Waals surface area contributed by atoms with Gasteiger partial charge >= 0.3 is 11.9 Å². The highest BCUT2D eigenvalue weighted by Crippen LogP contribution is 2.16. The Morgan fingerprint density at radius 1 is 0.319 bits per heavy atom. The number of esters is 2. The number of rotatable bonds is 55. The predicted octanol–water partition coefficient (Wildman–Crippen LogP) is 21.1. The molecule has 412 valence electrons. The van der Waals surface area contributed by atoms with Crippen molar-refractivity contribution in [2.24, 2.45) is 0 Å². The molecule has 0 aliphatic rings. The molecule has 5 nitrogen and oxygen atoms in total. The van der Waals surface area contributed by atoms with Gasteiger partial charge in [0.25, 0.3) is 0 Å². The lowest BCUT2D eigenvalue weighted by molar-refractivity contribution is -0.163. The number of hydrogen-bond donors (Lipinski definition) is 0. The third kappa shape index (κ3) is 59.1. The molecule has 0 aromatic carbocycles. The molecule has 5 heteroatoms. The second kappa shape index (κ2) is 61.9. The van der Waals surface area contributed by atoms with Crippen molar-refractivity contribution >= 4 is 11.9 Å². The van der Waals surface area contributed by atoms with Crippen LogP contribution in [0, 0.1) is 0 Å². The average Bonchev–Trinajstić information content (AvgIpc) is 3.38. The van der Waals surface area contributed by atoms with Crippen molar-refractivity contribution in [3.63, 3.8) is 0 Å². The van der Waals surface area contributed by atoms with Gasteiger partial charge in [-0.3, -0.25) is 9.59 Å². The molecule has 0 saturated heterocycles. The van der Waals surface area contributed by atoms with E-state index >= 15 is 0 Å². The Morgan fingerprint density at radius 2 is 0.625 bits per heavy atom. The topological polar surface area (TPSA) is 61.8 Å². The summed E-state index contributed by atoms with van der Waals surface area (Å²) < 4.78 is 17.4. The molecular weight excluding hydrogens is 885 g/mol. The van der Waals surface area contributed by atoms with Crippen LogP contribution in [-0.4, -0.2) is 37.9 Å². The van der Waals surface area contributed by atoms with E-state index in [1.165, 1.54) is 141 Å². The van der Waals surface area contributed by atoms with Gasteiger partial charge in [0.1, 0.15) is 6.61 Å². The summed E-state index contributed by atoms with van der Waals surface area (Å²) in [6, 6.07) is 0. The molecule has 0 spiro atoms. The van der Waals surface area contributed by atoms with Crippen LogP contribution in [0.4, 0.5) is 0 Å². The van der Waals surface area contributed by atoms with E-state index in [4.69, 9.17) is 14.2 Å². The summed E-state index contributed by atoms with van der Waals surface area (Å²) in [6.07, 6.45) is 85.5. The van der Waals surface area contributed by atoms with Gasteiger partial charge in [0.05, 0.1) is 6.61 Å². The Morgan fingerprint density at radius 3 is 1.03 bits per heavy atom. The highest BCUT2D eigenvalue weighted by Gasteiger charge is 2.17. The van der Waals surface area contributed by atoms with Gasteiger partial charge in [-0.15, -0.1) is 0 Å². The van der Waals surface area contributed by atoms with E-state index in [9.17, 15) is 9.59 Å². The molecule has 0 radical (unpaired) electrons. The third-order valence-corrected chi connectivity index (χ3v) is 12.8. The fraction of sp³-hybridized carbons (Fsp3) is 0.701. The third-order valence-electron chi connectivity index (χ3n) is 12.8. The van der Waals surface area contributed by atoms with Crippen molar-refractivity contribution in [2.75, 3.05) is 19.8 Å². The van der Waals surface area contributed by atoms with E-state index in [1.54, 1.807) is 0 Å². The van der Waals surface area contributed by atoms with Gasteiger partial charge in [-0.1, -0.05) is 271 Å². The first-order chi connectivity index (χ1) is 35.6. The fourth-order valence-electron chi connectivity index (χ4n) is 8.30. The Balaban J connectivity index is 4.41. The predicted molar refractivity (Wildman–Crippen MR) is 316 cm³/mol. The van der Waals surface area contributed by atoms with Gasteiger partial charge < -0.3 is 14.2 Å². The van der Waals surface area contributed by atoms with Crippen molar-refractivity contribution in [3.8, 4) is 0 Å². The molecule has 0 aliphatic heterocycles. The van der Waals surface area contributed by atoms with Crippen LogP contribution in [0.2, 0.25) is 0 Å². The van der Waals surface area contributed by atoms with Crippen LogP contribution < -0.4 is 0 Å². The SMILES string of the molecule is CC/C=C\C/C=C\C/C=C\C/C=C\C/C=C\C/C=C\CCCOCC(COC(=O)CCCCCCCC/C=C\C/C=C\C/C=C\CCCCC)OC(=O)CCCCCCCCCCCCCCCCCCC. The van der Waals surface area contributed by atoms with E-state index in [-0.39, 0.29) is 25.2 Å². The van der Waals surface area contributed by atoms with Crippen LogP contribution in [0.15, 0.2) is 109 Å². The summed E-state index contributed by atoms with van der Waals surface area (Å²) in [5.74, 6) is -0.438. The Labute approximate surface area is 446 Å². The number of hydrogen-bond acceptors (Lipinski definition) is 5. The van der Waals surface area contributed by atoms with Gasteiger partial charge in [-0.05, 0) is 103 Å². The quantitative estimate of drug-likeness (QED) is 0.0345. The van der Waals surface area contributed by atoms with E-state index in [0.717, 1.165) is 103 Å². The molecule has 0 saturated carbocycles. The summed E-state index contributed by atoms with van der Waals surface area (Å²) in [7, 11) is 0. The maximum Gasteiger partial charge on any atom is 0.306 e. The monoisotopic (exact) mass is 999 g/mol. The molecular formula is C67H114O5. The summed E-state index contributed by atoms with van der Waals surface area (Å²) >= 11 is 0. The van der Waals surface area contributed by atoms with Gasteiger partial charge in [0, 0.05) is 19.4 Å². The molecule has 0 aromatic heterocycles. The lowest BCUT2D eigenvalue weighted by Gasteiger charge is -2.18. The van der Waals surface area contributed by atoms with Crippen LogP contribution in [0.3, 0.4) is 0 Å². The Bertz CT molecular complexity index is 1410. The van der Waals surface area contributed by atoms with E-state index in [2.05, 4.69) is 130 Å². The lowest BCUT2D eigenvalue weighted by atomic mass is 10.0. The molecule has 0 aliphatic carbocycles. The smallest absolute Gasteiger partial charge is 0.306 e. The molecule has 0 rings (SSSR count). The number of carbonyl (C=O) groups is 2. The zero-order chi connectivity index (χ0) is 52.0. The molecule has 0 aromatic rings. The Kier molecular flexibility index (Phi) is 58.9. The van der Waals surface area contributed by atoms with E-state index in [0.29, 0.717) is 19.4 Å². The van der Waals surface area contributed by atoms with E-state index in [1.807, 2.05) is 0 Å². The number of ether oxygens (including phenoxy) is 3. The van der Waals surface area contributed by atoms with Crippen LogP contribution >= 0.6 is 0 Å². The van der Waals surface area contributed by atoms with Crippen LogP contribution in [-0.2, 0) is 23.8 Å². The van der Waals surface area contributed by atoms with Gasteiger partial charge in [0.15, 0.2) is 6.10 Å². The Hall–Kier alpha value is -3.44. The zero-order valence-corrected chi connectivity index (χ0v) is 47.4. The maximum atomic E-state index is 12.9. The summed E-state index contributed by atoms with van der Waals surface area (Å²) in [4.78, 5) is 25.6. The highest BCUT2D eigenvalue weighted by atomic mass is 16.6. The maximum absolute atomic E-state index is 12.9. The minimum Gasteiger partial charge on any atom is -0.462 e. The number of allylic oxidation sites excluding steroid dienone is 18. The first-order valence-electron chi connectivity index (χ1n) is 30.4. The molecule has 0 fully saturated rings. The lowest BCUT2D eigenvalue weighted by Crippen LogP contribution is -2.30. The number of unbranched alkanes of at least 4 members (excludes halogenated alkanes) is 26. The van der Waals surface area contributed by atoms with Crippen molar-refractivity contribution in [1.29, 1.82) is 0 Å². The summed E-state index contributed by atoms with van der Waals surface area (Å²) in [5.41, 5.74) is 0. The highest BCUT2D eigenvalue weighted by molar-refractivity contribution is 5.70. The normalized spacial score (nSPS) is 13.0. The first kappa shape index (κ1) is 68.6. The zero-order valence-electron chi connectivity index (χ0n) is 47.4. The van der Waals surface area contributed by atoms with Gasteiger partial charge in [-0.2, -0.15) is 0 Å². The average molecular weight is 1000 g/mol. The van der Waals surface area contributed by atoms with Crippen molar-refractivity contribution in [1.82, 2.24) is 0 Å². The molecule has 0 heterocycles. The molecule has 0 bridgehead atoms. The van der Waals surface area contributed by atoms with Gasteiger partial charge in [0.2, 0.25) is 0 Å². The van der Waals surface area contributed by atoms with Crippen molar-refractivity contribution in [2.45, 2.75) is 284 Å². The molecule has 0 amide bonds. The van der Waals surface area contributed by atoms with Crippen LogP contribution in [0.25, 0.3) is 0 Å². The second-order valence-electron chi connectivity index (χ2n) is 19.9. The van der Waals surface area contributed by atoms with Gasteiger partial charge in [-0.25, -0.2) is 0 Å². The van der Waals surface area contributed by atoms with E-state index < -0.39 is 6.10 Å². The largest absolute Gasteiger partial charge is 0.462 e. The first-order valence-corrected chi connectivity index (χ1v) is 30.4.